The summed E-state index contributed by atoms with van der Waals surface area (Å²) in [6.45, 7) is 0. The lowest BCUT2D eigenvalue weighted by Crippen LogP contribution is -2.25. The third kappa shape index (κ3) is 5.20. The highest BCUT2D eigenvalue weighted by atomic mass is 31.2. The van der Waals surface area contributed by atoms with Crippen LogP contribution in [0.15, 0.2) is 109 Å². The minimum absolute atomic E-state index is 0.294. The number of benzene rings is 4. The first kappa shape index (κ1) is 22.9. The first-order valence-electron chi connectivity index (χ1n) is 10.4. The van der Waals surface area contributed by atoms with Crippen molar-refractivity contribution < 1.29 is 19.8 Å². The molecule has 0 fully saturated rings. The van der Waals surface area contributed by atoms with E-state index in [4.69, 9.17) is 0 Å². The molecule has 33 heavy (non-hydrogen) atoms. The van der Waals surface area contributed by atoms with Gasteiger partial charge in [0.2, 0.25) is 0 Å². The van der Waals surface area contributed by atoms with Crippen molar-refractivity contribution in [2.24, 2.45) is 0 Å². The predicted molar refractivity (Wildman–Crippen MR) is 137 cm³/mol. The maximum Gasteiger partial charge on any atom is 0.336 e. The average Bonchev–Trinajstić information content (AvgIpc) is 2.86. The van der Waals surface area contributed by atoms with Crippen molar-refractivity contribution in [2.75, 3.05) is 5.90 Å². The van der Waals surface area contributed by atoms with Gasteiger partial charge < -0.3 is 10.2 Å². The Labute approximate surface area is 195 Å². The molecule has 0 aliphatic carbocycles. The van der Waals surface area contributed by atoms with Crippen molar-refractivity contribution in [2.45, 2.75) is 0 Å². The van der Waals surface area contributed by atoms with Crippen LogP contribution < -0.4 is 21.2 Å². The van der Waals surface area contributed by atoms with Gasteiger partial charge in [-0.25, -0.2) is 9.59 Å². The van der Waals surface area contributed by atoms with Crippen LogP contribution in [0, 0.1) is 0 Å². The third-order valence-corrected chi connectivity index (χ3v) is 11.3. The SMILES string of the molecule is O=C(O)c1ccccc1P(CP(c1ccccc1)c1ccccc1C(=O)O)c1ccccc1. The van der Waals surface area contributed by atoms with Crippen LogP contribution in [0.2, 0.25) is 0 Å². The van der Waals surface area contributed by atoms with E-state index in [1.807, 2.05) is 84.9 Å². The minimum Gasteiger partial charge on any atom is -0.478 e. The standard InChI is InChI=1S/C27H22O4P2/c28-26(29)22-15-7-9-17-24(22)32(20-11-3-1-4-12-20)19-33(21-13-5-2-6-14-21)25-18-10-8-16-23(25)27(30)31/h1-18H,19H2,(H,28,29)(H,30,31). The molecule has 0 heterocycles. The second-order valence-electron chi connectivity index (χ2n) is 7.31. The van der Waals surface area contributed by atoms with Gasteiger partial charge in [-0.15, -0.1) is 0 Å². The molecule has 2 atom stereocenters. The zero-order valence-electron chi connectivity index (χ0n) is 17.7. The fraction of sp³-hybridized carbons (Fsp3) is 0.0370. The Balaban J connectivity index is 1.90. The Morgan fingerprint density at radius 1 is 0.515 bits per heavy atom. The quantitative estimate of drug-likeness (QED) is 0.368. The van der Waals surface area contributed by atoms with Gasteiger partial charge in [0.1, 0.15) is 0 Å². The lowest BCUT2D eigenvalue weighted by Gasteiger charge is -2.28. The van der Waals surface area contributed by atoms with Crippen molar-refractivity contribution >= 4 is 49.0 Å². The number of carboxylic acids is 2. The molecule has 0 spiro atoms. The number of hydrogen-bond acceptors (Lipinski definition) is 2. The summed E-state index contributed by atoms with van der Waals surface area (Å²) in [5.41, 5.74) is 0.587. The van der Waals surface area contributed by atoms with Gasteiger partial charge in [0.15, 0.2) is 0 Å². The summed E-state index contributed by atoms with van der Waals surface area (Å²) >= 11 is 0. The molecular formula is C27H22O4P2. The normalized spacial score (nSPS) is 12.6. The summed E-state index contributed by atoms with van der Waals surface area (Å²) in [4.78, 5) is 24.1. The van der Waals surface area contributed by atoms with Gasteiger partial charge in [-0.2, -0.15) is 0 Å². The second-order valence-corrected chi connectivity index (χ2v) is 12.2. The molecule has 0 bridgehead atoms. The number of aromatic carboxylic acids is 2. The van der Waals surface area contributed by atoms with Crippen LogP contribution in [0.5, 0.6) is 0 Å². The largest absolute Gasteiger partial charge is 0.478 e. The zero-order chi connectivity index (χ0) is 23.2. The Morgan fingerprint density at radius 2 is 0.848 bits per heavy atom. The fourth-order valence-electron chi connectivity index (χ4n) is 3.73. The van der Waals surface area contributed by atoms with Gasteiger partial charge in [-0.05, 0) is 49.2 Å². The predicted octanol–water partition coefficient (Wildman–Crippen LogP) is 4.61. The summed E-state index contributed by atoms with van der Waals surface area (Å²) in [5.74, 6) is -1.26. The molecule has 2 N–H and O–H groups in total. The first-order valence-corrected chi connectivity index (χ1v) is 13.4. The fourth-order valence-corrected chi connectivity index (χ4v) is 10.5. The van der Waals surface area contributed by atoms with Gasteiger partial charge in [0, 0.05) is 5.90 Å². The first-order chi connectivity index (χ1) is 16.1. The van der Waals surface area contributed by atoms with E-state index in [0.717, 1.165) is 21.2 Å². The van der Waals surface area contributed by atoms with E-state index in [1.165, 1.54) is 0 Å². The molecule has 0 radical (unpaired) electrons. The van der Waals surface area contributed by atoms with Crippen molar-refractivity contribution in [3.05, 3.63) is 120 Å². The molecule has 0 saturated carbocycles. The molecule has 0 amide bonds. The van der Waals surface area contributed by atoms with Crippen molar-refractivity contribution in [3.8, 4) is 0 Å². The van der Waals surface area contributed by atoms with Gasteiger partial charge in [0.25, 0.3) is 0 Å². The maximum atomic E-state index is 12.1. The number of carbonyl (C=O) groups is 2. The molecular weight excluding hydrogens is 450 g/mol. The van der Waals surface area contributed by atoms with Crippen LogP contribution in [-0.4, -0.2) is 28.1 Å². The van der Waals surface area contributed by atoms with Gasteiger partial charge in [0.05, 0.1) is 11.1 Å². The Kier molecular flexibility index (Phi) is 7.29. The van der Waals surface area contributed by atoms with E-state index in [-0.39, 0.29) is 0 Å². The Morgan fingerprint density at radius 3 is 1.21 bits per heavy atom. The minimum atomic E-state index is -1.07. The Hall–Kier alpha value is -3.32. The van der Waals surface area contributed by atoms with E-state index in [9.17, 15) is 19.8 Å². The van der Waals surface area contributed by atoms with Crippen molar-refractivity contribution in [1.29, 1.82) is 0 Å². The van der Waals surface area contributed by atoms with Crippen LogP contribution >= 0.6 is 15.8 Å². The van der Waals surface area contributed by atoms with Crippen LogP contribution in [-0.2, 0) is 0 Å². The molecule has 4 rings (SSSR count). The number of carboxylic acid groups (broad SMARTS) is 2. The summed E-state index contributed by atoms with van der Waals surface area (Å²) in [6.07, 6.45) is 0. The van der Waals surface area contributed by atoms with Gasteiger partial charge >= 0.3 is 11.9 Å². The lowest BCUT2D eigenvalue weighted by atomic mass is 10.2. The van der Waals surface area contributed by atoms with E-state index >= 15 is 0 Å². The van der Waals surface area contributed by atoms with Crippen LogP contribution in [0.3, 0.4) is 0 Å². The summed E-state index contributed by atoms with van der Waals surface area (Å²) in [7, 11) is -2.13. The molecule has 4 nitrogen and oxygen atoms in total. The summed E-state index contributed by atoms with van der Waals surface area (Å²) in [6, 6.07) is 34.2. The van der Waals surface area contributed by atoms with Crippen molar-refractivity contribution in [1.82, 2.24) is 0 Å². The highest BCUT2D eigenvalue weighted by Gasteiger charge is 2.27. The van der Waals surface area contributed by atoms with E-state index in [0.29, 0.717) is 17.0 Å². The monoisotopic (exact) mass is 472 g/mol. The number of hydrogen-bond donors (Lipinski definition) is 2. The Bertz CT molecular complexity index is 1160. The van der Waals surface area contributed by atoms with Crippen LogP contribution in [0.1, 0.15) is 20.7 Å². The molecule has 164 valence electrons. The molecule has 0 aromatic heterocycles. The smallest absolute Gasteiger partial charge is 0.336 e. The van der Waals surface area contributed by atoms with Crippen molar-refractivity contribution in [3.63, 3.8) is 0 Å². The number of rotatable bonds is 8. The maximum absolute atomic E-state index is 12.1. The molecule has 0 aliphatic heterocycles. The van der Waals surface area contributed by atoms with Gasteiger partial charge in [-0.1, -0.05) is 97.1 Å². The highest BCUT2D eigenvalue weighted by molar-refractivity contribution is 7.88. The zero-order valence-corrected chi connectivity index (χ0v) is 19.5. The third-order valence-electron chi connectivity index (χ3n) is 5.27. The summed E-state index contributed by atoms with van der Waals surface area (Å²) in [5, 5.41) is 23.5. The molecule has 0 aliphatic rings. The van der Waals surface area contributed by atoms with Gasteiger partial charge in [-0.3, -0.25) is 0 Å². The van der Waals surface area contributed by atoms with E-state index < -0.39 is 27.8 Å². The van der Waals surface area contributed by atoms with E-state index in [1.54, 1.807) is 24.3 Å². The van der Waals surface area contributed by atoms with Crippen LogP contribution in [0.4, 0.5) is 0 Å². The van der Waals surface area contributed by atoms with Crippen LogP contribution in [0.25, 0.3) is 0 Å². The molecule has 0 saturated heterocycles. The summed E-state index contributed by atoms with van der Waals surface area (Å²) < 4.78 is 0. The second kappa shape index (κ2) is 10.5. The highest BCUT2D eigenvalue weighted by Crippen LogP contribution is 2.49. The molecule has 6 heteroatoms. The molecule has 4 aromatic carbocycles. The molecule has 2 unspecified atom stereocenters. The average molecular weight is 472 g/mol. The van der Waals surface area contributed by atoms with E-state index in [2.05, 4.69) is 0 Å². The lowest BCUT2D eigenvalue weighted by molar-refractivity contribution is 0.0687. The topological polar surface area (TPSA) is 74.6 Å². The molecule has 4 aromatic rings.